The van der Waals surface area contributed by atoms with Crippen molar-refractivity contribution < 1.29 is 9.18 Å². The lowest BCUT2D eigenvalue weighted by Gasteiger charge is -2.19. The van der Waals surface area contributed by atoms with Gasteiger partial charge in [-0.25, -0.2) is 4.39 Å². The van der Waals surface area contributed by atoms with Crippen LogP contribution in [0.5, 0.6) is 0 Å². The molecule has 0 spiro atoms. The van der Waals surface area contributed by atoms with Gasteiger partial charge in [0.05, 0.1) is 0 Å². The van der Waals surface area contributed by atoms with Crippen LogP contribution in [0.15, 0.2) is 48.3 Å². The van der Waals surface area contributed by atoms with Crippen LogP contribution in [-0.2, 0) is 4.79 Å². The minimum atomic E-state index is -0.220. The van der Waals surface area contributed by atoms with E-state index in [1.54, 1.807) is 6.08 Å². The molecule has 0 saturated heterocycles. The van der Waals surface area contributed by atoms with Gasteiger partial charge >= 0.3 is 0 Å². The predicted molar refractivity (Wildman–Crippen MR) is 80.0 cm³/mol. The molecule has 102 valence electrons. The first-order valence-corrected chi connectivity index (χ1v) is 7.10. The van der Waals surface area contributed by atoms with Crippen molar-refractivity contribution in [2.24, 2.45) is 5.92 Å². The van der Waals surface area contributed by atoms with Crippen LogP contribution in [0.2, 0.25) is 0 Å². The molecule has 2 heteroatoms. The first kappa shape index (κ1) is 13.0. The summed E-state index contributed by atoms with van der Waals surface area (Å²) in [7, 11) is 0. The third-order valence-electron chi connectivity index (χ3n) is 3.95. The van der Waals surface area contributed by atoms with Crippen LogP contribution in [0.1, 0.15) is 31.2 Å². The lowest BCUT2D eigenvalue weighted by Crippen LogP contribution is -2.15. The van der Waals surface area contributed by atoms with Gasteiger partial charge in [-0.05, 0) is 41.3 Å². The average Bonchev–Trinajstić information content (AvgIpc) is 2.47. The molecule has 2 aromatic carbocycles. The van der Waals surface area contributed by atoms with Crippen LogP contribution >= 0.6 is 0 Å². The van der Waals surface area contributed by atoms with Crippen molar-refractivity contribution in [3.8, 4) is 0 Å². The Bertz CT molecular complexity index is 672. The number of Topliss-reactive ketones (excluding diaryl/α,β-unsaturated/α-hetero) is 1. The standard InChI is InChI=1S/C18H17FO/c19-18(16-6-3-7-17(20)12-16)11-13-8-9-14-4-1-2-5-15(14)10-13/h1-2,4-5,8-11,16H,3,6-7,12H2/b18-11+/t16-/m1/s1. The Hall–Kier alpha value is -1.96. The summed E-state index contributed by atoms with van der Waals surface area (Å²) in [5.74, 6) is -0.195. The molecule has 0 aliphatic heterocycles. The molecule has 0 bridgehead atoms. The van der Waals surface area contributed by atoms with Gasteiger partial charge in [0.2, 0.25) is 0 Å². The summed E-state index contributed by atoms with van der Waals surface area (Å²) in [6.45, 7) is 0. The van der Waals surface area contributed by atoms with Gasteiger partial charge in [0.15, 0.2) is 0 Å². The summed E-state index contributed by atoms with van der Waals surface area (Å²) >= 11 is 0. The Kier molecular flexibility index (Phi) is 3.64. The van der Waals surface area contributed by atoms with Crippen LogP contribution in [0.4, 0.5) is 4.39 Å². The van der Waals surface area contributed by atoms with Gasteiger partial charge < -0.3 is 0 Å². The fourth-order valence-electron chi connectivity index (χ4n) is 2.83. The zero-order valence-corrected chi connectivity index (χ0v) is 11.3. The maximum atomic E-state index is 14.3. The van der Waals surface area contributed by atoms with Crippen molar-refractivity contribution >= 4 is 22.6 Å². The second-order valence-corrected chi connectivity index (χ2v) is 5.47. The van der Waals surface area contributed by atoms with E-state index in [1.807, 2.05) is 42.5 Å². The molecule has 0 amide bonds. The number of halogens is 1. The van der Waals surface area contributed by atoms with E-state index >= 15 is 0 Å². The third-order valence-corrected chi connectivity index (χ3v) is 3.95. The highest BCUT2D eigenvalue weighted by molar-refractivity contribution is 5.85. The molecular weight excluding hydrogens is 251 g/mol. The van der Waals surface area contributed by atoms with E-state index in [2.05, 4.69) is 0 Å². The Balaban J connectivity index is 1.86. The highest BCUT2D eigenvalue weighted by Crippen LogP contribution is 2.30. The SMILES string of the molecule is O=C1CCC[C@@H](/C(F)=C\c2ccc3ccccc3c2)C1. The minimum absolute atomic E-state index is 0.159. The van der Waals surface area contributed by atoms with E-state index < -0.39 is 0 Å². The molecule has 3 rings (SSSR count). The van der Waals surface area contributed by atoms with E-state index in [-0.39, 0.29) is 17.5 Å². The molecule has 1 fully saturated rings. The fraction of sp³-hybridized carbons (Fsp3) is 0.278. The van der Waals surface area contributed by atoms with Crippen LogP contribution in [0, 0.1) is 5.92 Å². The number of carbonyl (C=O) groups is 1. The molecule has 0 N–H and O–H groups in total. The molecule has 1 nitrogen and oxygen atoms in total. The van der Waals surface area contributed by atoms with Crippen molar-refractivity contribution in [3.05, 3.63) is 53.9 Å². The van der Waals surface area contributed by atoms with Crippen molar-refractivity contribution in [1.29, 1.82) is 0 Å². The van der Waals surface area contributed by atoms with Crippen molar-refractivity contribution in [1.82, 2.24) is 0 Å². The zero-order valence-electron chi connectivity index (χ0n) is 11.3. The number of rotatable bonds is 2. The molecule has 1 aliphatic carbocycles. The van der Waals surface area contributed by atoms with Gasteiger partial charge in [0, 0.05) is 18.8 Å². The number of hydrogen-bond acceptors (Lipinski definition) is 1. The van der Waals surface area contributed by atoms with Crippen molar-refractivity contribution in [3.63, 3.8) is 0 Å². The highest BCUT2D eigenvalue weighted by atomic mass is 19.1. The highest BCUT2D eigenvalue weighted by Gasteiger charge is 2.22. The summed E-state index contributed by atoms with van der Waals surface area (Å²) in [6.07, 6.45) is 4.13. The lowest BCUT2D eigenvalue weighted by molar-refractivity contribution is -0.121. The molecular formula is C18H17FO. The second-order valence-electron chi connectivity index (χ2n) is 5.47. The molecule has 0 unspecified atom stereocenters. The normalized spacial score (nSPS) is 20.4. The van der Waals surface area contributed by atoms with Gasteiger partial charge in [-0.1, -0.05) is 36.4 Å². The first-order chi connectivity index (χ1) is 9.72. The topological polar surface area (TPSA) is 17.1 Å². The molecule has 0 aromatic heterocycles. The molecule has 0 heterocycles. The summed E-state index contributed by atoms with van der Waals surface area (Å²) in [4.78, 5) is 11.4. The van der Waals surface area contributed by atoms with Crippen LogP contribution < -0.4 is 0 Å². The second kappa shape index (κ2) is 5.58. The molecule has 20 heavy (non-hydrogen) atoms. The number of fused-ring (bicyclic) bond motifs is 1. The maximum Gasteiger partial charge on any atom is 0.133 e. The van der Waals surface area contributed by atoms with Gasteiger partial charge in [-0.15, -0.1) is 0 Å². The van der Waals surface area contributed by atoms with Gasteiger partial charge in [-0.3, -0.25) is 4.79 Å². The minimum Gasteiger partial charge on any atom is -0.300 e. The fourth-order valence-corrected chi connectivity index (χ4v) is 2.83. The summed E-state index contributed by atoms with van der Waals surface area (Å²) in [5, 5.41) is 2.26. The quantitative estimate of drug-likeness (QED) is 0.756. The maximum absolute atomic E-state index is 14.3. The van der Waals surface area contributed by atoms with Gasteiger partial charge in [0.25, 0.3) is 0 Å². The molecule has 1 atom stereocenters. The number of ketones is 1. The monoisotopic (exact) mass is 268 g/mol. The Labute approximate surface area is 118 Å². The van der Waals surface area contributed by atoms with Gasteiger partial charge in [0.1, 0.15) is 11.6 Å². The van der Waals surface area contributed by atoms with Crippen LogP contribution in [0.3, 0.4) is 0 Å². The summed E-state index contributed by atoms with van der Waals surface area (Å²) < 4.78 is 14.3. The molecule has 1 saturated carbocycles. The molecule has 2 aromatic rings. The lowest BCUT2D eigenvalue weighted by atomic mass is 9.87. The molecule has 0 radical (unpaired) electrons. The number of allylic oxidation sites excluding steroid dienone is 1. The third kappa shape index (κ3) is 2.79. The Morgan fingerprint density at radius 2 is 1.95 bits per heavy atom. The Morgan fingerprint density at radius 1 is 1.15 bits per heavy atom. The predicted octanol–water partition coefficient (Wildman–Crippen LogP) is 4.91. The van der Waals surface area contributed by atoms with E-state index in [0.717, 1.165) is 29.2 Å². The zero-order chi connectivity index (χ0) is 13.9. The van der Waals surface area contributed by atoms with Crippen LogP contribution in [0.25, 0.3) is 16.8 Å². The number of hydrogen-bond donors (Lipinski definition) is 0. The summed E-state index contributed by atoms with van der Waals surface area (Å²) in [6, 6.07) is 13.9. The number of benzene rings is 2. The van der Waals surface area contributed by atoms with E-state index in [0.29, 0.717) is 12.8 Å². The average molecular weight is 268 g/mol. The summed E-state index contributed by atoms with van der Waals surface area (Å²) in [5.41, 5.74) is 0.860. The van der Waals surface area contributed by atoms with Crippen molar-refractivity contribution in [2.75, 3.05) is 0 Å². The van der Waals surface area contributed by atoms with Crippen molar-refractivity contribution in [2.45, 2.75) is 25.7 Å². The van der Waals surface area contributed by atoms with E-state index in [1.165, 1.54) is 0 Å². The molecule has 1 aliphatic rings. The largest absolute Gasteiger partial charge is 0.300 e. The van der Waals surface area contributed by atoms with E-state index in [4.69, 9.17) is 0 Å². The smallest absolute Gasteiger partial charge is 0.133 e. The van der Waals surface area contributed by atoms with Gasteiger partial charge in [-0.2, -0.15) is 0 Å². The number of carbonyl (C=O) groups excluding carboxylic acids is 1. The van der Waals surface area contributed by atoms with Crippen LogP contribution in [-0.4, -0.2) is 5.78 Å². The Morgan fingerprint density at radius 3 is 2.75 bits per heavy atom. The first-order valence-electron chi connectivity index (χ1n) is 7.10. The van der Waals surface area contributed by atoms with E-state index in [9.17, 15) is 9.18 Å².